The van der Waals surface area contributed by atoms with E-state index < -0.39 is 18.2 Å². The lowest BCUT2D eigenvalue weighted by Gasteiger charge is -2.29. The highest BCUT2D eigenvalue weighted by molar-refractivity contribution is 5.17. The largest absolute Gasteiger partial charge is 0.368 e. The van der Waals surface area contributed by atoms with E-state index in [2.05, 4.69) is 18.0 Å². The highest BCUT2D eigenvalue weighted by Crippen LogP contribution is 2.16. The molecule has 3 aromatic rings. The molecular weight excluding hydrogens is 384 g/mol. The second-order valence-corrected chi connectivity index (χ2v) is 7.23. The summed E-state index contributed by atoms with van der Waals surface area (Å²) < 4.78 is 12.4. The van der Waals surface area contributed by atoms with Crippen molar-refractivity contribution in [3.63, 3.8) is 0 Å². The van der Waals surface area contributed by atoms with Crippen LogP contribution in [0.5, 0.6) is 0 Å². The van der Waals surface area contributed by atoms with Crippen molar-refractivity contribution in [3.05, 3.63) is 120 Å². The average molecular weight is 413 g/mol. The van der Waals surface area contributed by atoms with E-state index in [1.807, 2.05) is 91.0 Å². The van der Waals surface area contributed by atoms with E-state index >= 15 is 0 Å². The summed E-state index contributed by atoms with van der Waals surface area (Å²) in [5, 5.41) is 13.2. The Morgan fingerprint density at radius 2 is 1.26 bits per heavy atom. The molecule has 0 unspecified atom stereocenters. The molecule has 4 nitrogen and oxygen atoms in total. The van der Waals surface area contributed by atoms with Crippen LogP contribution in [0.15, 0.2) is 104 Å². The van der Waals surface area contributed by atoms with Crippen LogP contribution in [-0.4, -0.2) is 18.2 Å². The number of rotatable bonds is 12. The van der Waals surface area contributed by atoms with Gasteiger partial charge in [-0.05, 0) is 16.7 Å². The normalized spacial score (nSPS) is 13.6. The van der Waals surface area contributed by atoms with E-state index in [1.54, 1.807) is 6.08 Å². The molecular formula is C27H28N2O2. The number of hydrogen-bond donors (Lipinski definition) is 1. The predicted molar refractivity (Wildman–Crippen MR) is 123 cm³/mol. The van der Waals surface area contributed by atoms with Gasteiger partial charge in [-0.15, -0.1) is 6.58 Å². The fourth-order valence-corrected chi connectivity index (χ4v) is 3.27. The van der Waals surface area contributed by atoms with Gasteiger partial charge >= 0.3 is 0 Å². The summed E-state index contributed by atoms with van der Waals surface area (Å²) in [6.45, 7) is 5.31. The van der Waals surface area contributed by atoms with Gasteiger partial charge < -0.3 is 9.47 Å². The van der Waals surface area contributed by atoms with Crippen molar-refractivity contribution >= 4 is 0 Å². The van der Waals surface area contributed by atoms with Gasteiger partial charge in [0.1, 0.15) is 18.2 Å². The maximum Gasteiger partial charge on any atom is 0.125 e. The fourth-order valence-electron chi connectivity index (χ4n) is 3.27. The number of nitrogens with zero attached hydrogens (tertiary/aromatic N) is 1. The molecule has 0 spiro atoms. The summed E-state index contributed by atoms with van der Waals surface area (Å²) in [7, 11) is 0. The molecule has 0 bridgehead atoms. The Hall–Kier alpha value is -3.23. The standard InChI is InChI=1S/C27H28N2O2/c1-2-26(30-20-23-14-8-4-9-15-23)27(31-21-24-16-10-5-11-17-24)25(18-28)29-19-22-12-6-3-7-13-22/h2-17,25-27,29H,1,19-21H2/t25-,26-,27-/m1/s1. The van der Waals surface area contributed by atoms with Crippen molar-refractivity contribution in [3.8, 4) is 6.07 Å². The van der Waals surface area contributed by atoms with E-state index in [4.69, 9.17) is 9.47 Å². The minimum absolute atomic E-state index is 0.385. The lowest BCUT2D eigenvalue weighted by Crippen LogP contribution is -2.47. The minimum atomic E-state index is -0.567. The van der Waals surface area contributed by atoms with Crippen molar-refractivity contribution in [1.29, 1.82) is 5.26 Å². The molecule has 0 fully saturated rings. The molecule has 0 aliphatic heterocycles. The van der Waals surface area contributed by atoms with E-state index in [0.29, 0.717) is 19.8 Å². The molecule has 0 amide bonds. The number of nitriles is 1. The molecule has 3 aromatic carbocycles. The molecule has 0 heterocycles. The molecule has 0 radical (unpaired) electrons. The topological polar surface area (TPSA) is 54.3 Å². The number of benzene rings is 3. The van der Waals surface area contributed by atoms with Crippen molar-refractivity contribution in [2.24, 2.45) is 0 Å². The second-order valence-electron chi connectivity index (χ2n) is 7.23. The Kier molecular flexibility index (Phi) is 9.03. The first-order valence-corrected chi connectivity index (χ1v) is 10.4. The third-order valence-corrected chi connectivity index (χ3v) is 4.96. The summed E-state index contributed by atoms with van der Waals surface area (Å²) in [5.74, 6) is 0. The van der Waals surface area contributed by atoms with E-state index in [1.165, 1.54) is 0 Å². The van der Waals surface area contributed by atoms with E-state index in [9.17, 15) is 5.26 Å². The summed E-state index contributed by atoms with van der Waals surface area (Å²) in [4.78, 5) is 0. The zero-order valence-electron chi connectivity index (χ0n) is 17.6. The average Bonchev–Trinajstić information content (AvgIpc) is 2.84. The van der Waals surface area contributed by atoms with Gasteiger partial charge in [-0.2, -0.15) is 5.26 Å². The lowest BCUT2D eigenvalue weighted by atomic mass is 10.0. The van der Waals surface area contributed by atoms with Crippen LogP contribution in [0.3, 0.4) is 0 Å². The summed E-state index contributed by atoms with van der Waals surface area (Å²) in [6.07, 6.45) is 0.750. The molecule has 0 aromatic heterocycles. The highest BCUT2D eigenvalue weighted by Gasteiger charge is 2.30. The van der Waals surface area contributed by atoms with Crippen molar-refractivity contribution < 1.29 is 9.47 Å². The van der Waals surface area contributed by atoms with Gasteiger partial charge in [0, 0.05) is 6.54 Å². The third-order valence-electron chi connectivity index (χ3n) is 4.96. The summed E-state index contributed by atoms with van der Waals surface area (Å²) in [5.41, 5.74) is 3.20. The third kappa shape index (κ3) is 7.20. The Bertz CT molecular complexity index is 939. The first-order valence-electron chi connectivity index (χ1n) is 10.4. The molecule has 0 aliphatic carbocycles. The molecule has 158 valence electrons. The Labute approximate surface area is 184 Å². The van der Waals surface area contributed by atoms with Crippen molar-refractivity contribution in [2.75, 3.05) is 0 Å². The Morgan fingerprint density at radius 3 is 1.74 bits per heavy atom. The SMILES string of the molecule is C=C[C@@H](OCc1ccccc1)[C@H](OCc1ccccc1)[C@@H](C#N)NCc1ccccc1. The van der Waals surface area contributed by atoms with Gasteiger partial charge in [0.25, 0.3) is 0 Å². The van der Waals surface area contributed by atoms with E-state index in [0.717, 1.165) is 16.7 Å². The number of ether oxygens (including phenoxy) is 2. The molecule has 3 rings (SSSR count). The van der Waals surface area contributed by atoms with Gasteiger partial charge in [0.15, 0.2) is 0 Å². The first-order chi connectivity index (χ1) is 15.3. The number of hydrogen-bond acceptors (Lipinski definition) is 4. The number of nitrogens with one attached hydrogen (secondary N) is 1. The van der Waals surface area contributed by atoms with Crippen molar-refractivity contribution in [1.82, 2.24) is 5.32 Å². The first kappa shape index (κ1) is 22.5. The minimum Gasteiger partial charge on any atom is -0.368 e. The molecule has 4 heteroatoms. The van der Waals surface area contributed by atoms with Crippen LogP contribution in [0.4, 0.5) is 0 Å². The van der Waals surface area contributed by atoms with Crippen LogP contribution in [0.2, 0.25) is 0 Å². The van der Waals surface area contributed by atoms with E-state index in [-0.39, 0.29) is 0 Å². The zero-order chi connectivity index (χ0) is 21.7. The molecule has 1 N–H and O–H groups in total. The molecule has 0 aliphatic rings. The van der Waals surface area contributed by atoms with Crippen molar-refractivity contribution in [2.45, 2.75) is 38.0 Å². The summed E-state index contributed by atoms with van der Waals surface area (Å²) in [6, 6.07) is 31.6. The van der Waals surface area contributed by atoms with Gasteiger partial charge in [0.2, 0.25) is 0 Å². The fraction of sp³-hybridized carbons (Fsp3) is 0.222. The lowest BCUT2D eigenvalue weighted by molar-refractivity contribution is -0.0727. The molecule has 31 heavy (non-hydrogen) atoms. The van der Waals surface area contributed by atoms with Crippen LogP contribution >= 0.6 is 0 Å². The highest BCUT2D eigenvalue weighted by atomic mass is 16.5. The van der Waals surface area contributed by atoms with Gasteiger partial charge in [-0.1, -0.05) is 97.1 Å². The zero-order valence-corrected chi connectivity index (χ0v) is 17.6. The molecule has 0 saturated carbocycles. The van der Waals surface area contributed by atoms with Crippen LogP contribution in [0.25, 0.3) is 0 Å². The molecule has 3 atom stereocenters. The Morgan fingerprint density at radius 1 is 0.774 bits per heavy atom. The van der Waals surface area contributed by atoms with Crippen LogP contribution in [0.1, 0.15) is 16.7 Å². The van der Waals surface area contributed by atoms with Gasteiger partial charge in [0.05, 0.1) is 19.3 Å². The van der Waals surface area contributed by atoms with Crippen LogP contribution < -0.4 is 5.32 Å². The molecule has 0 saturated heterocycles. The summed E-state index contributed by atoms with van der Waals surface area (Å²) >= 11 is 0. The maximum absolute atomic E-state index is 9.92. The smallest absolute Gasteiger partial charge is 0.125 e. The second kappa shape index (κ2) is 12.5. The predicted octanol–water partition coefficient (Wildman–Crippen LogP) is 5.03. The quantitative estimate of drug-likeness (QED) is 0.424. The Balaban J connectivity index is 1.72. The monoisotopic (exact) mass is 412 g/mol. The van der Waals surface area contributed by atoms with Crippen LogP contribution in [-0.2, 0) is 29.2 Å². The van der Waals surface area contributed by atoms with Gasteiger partial charge in [-0.25, -0.2) is 0 Å². The van der Waals surface area contributed by atoms with Crippen LogP contribution in [0, 0.1) is 11.3 Å². The maximum atomic E-state index is 9.92. The van der Waals surface area contributed by atoms with Gasteiger partial charge in [-0.3, -0.25) is 5.32 Å².